The summed E-state index contributed by atoms with van der Waals surface area (Å²) in [5.41, 5.74) is 16.2. The number of carbonyl (C=O) groups excluding carboxylic acids is 3. The molecule has 3 atom stereocenters. The van der Waals surface area contributed by atoms with Crippen molar-refractivity contribution in [2.24, 2.45) is 16.6 Å². The number of nitrogens with zero attached hydrogens (tertiary/aromatic N) is 3. The van der Waals surface area contributed by atoms with Gasteiger partial charge < -0.3 is 37.2 Å². The van der Waals surface area contributed by atoms with Gasteiger partial charge in [0.05, 0.1) is 6.04 Å². The number of rotatable bonds is 11. The summed E-state index contributed by atoms with van der Waals surface area (Å²) in [6, 6.07) is -1.62. The van der Waals surface area contributed by atoms with E-state index in [9.17, 15) is 24.3 Å². The van der Waals surface area contributed by atoms with E-state index in [-0.39, 0.29) is 41.2 Å². The average Bonchev–Trinajstić information content (AvgIpc) is 3.26. The number of ether oxygens (including phenoxy) is 1. The van der Waals surface area contributed by atoms with Gasteiger partial charge in [0.15, 0.2) is 10.8 Å². The van der Waals surface area contributed by atoms with Gasteiger partial charge in [0.2, 0.25) is 0 Å². The molecule has 3 rings (SSSR count). The predicted octanol–water partition coefficient (Wildman–Crippen LogP) is -0.168. The van der Waals surface area contributed by atoms with Gasteiger partial charge in [0, 0.05) is 16.0 Å². The average molecular weight is 558 g/mol. The summed E-state index contributed by atoms with van der Waals surface area (Å²) in [4.78, 5) is 59.0. The standard InChI is InChI=1S/C19H23N7O7S3/c1-2-33-25-11(9-6-36-18(21)23-9)14(27)24-12-15(28)26-13(17(29)30)10(7-35-16(12)26)34-4-3-8(20)5-32-19(22)31/h3-4,6,8,12,16H,2,5,7,20H2,1H3,(H2,21,23)(H2,22,31)(H,24,27)(H,29,30)/b4-3-,25-11-/t8-,12?,16-/m1/s1. The van der Waals surface area contributed by atoms with Crippen molar-refractivity contribution < 1.29 is 33.9 Å². The van der Waals surface area contributed by atoms with Crippen molar-refractivity contribution >= 4 is 69.6 Å². The minimum absolute atomic E-state index is 0.137. The van der Waals surface area contributed by atoms with E-state index in [1.54, 1.807) is 12.3 Å². The fourth-order valence-electron chi connectivity index (χ4n) is 3.08. The van der Waals surface area contributed by atoms with Crippen LogP contribution in [0.4, 0.5) is 9.93 Å². The fourth-order valence-corrected chi connectivity index (χ4v) is 6.04. The first-order valence-corrected chi connectivity index (χ1v) is 13.1. The van der Waals surface area contributed by atoms with Gasteiger partial charge in [0.1, 0.15) is 36.0 Å². The van der Waals surface area contributed by atoms with Crippen molar-refractivity contribution in [3.63, 3.8) is 0 Å². The van der Waals surface area contributed by atoms with Gasteiger partial charge in [-0.05, 0) is 12.3 Å². The summed E-state index contributed by atoms with van der Waals surface area (Å²) in [6.07, 6.45) is 0.560. The largest absolute Gasteiger partial charge is 0.477 e. The molecular weight excluding hydrogens is 534 g/mol. The number of aromatic nitrogens is 1. The number of anilines is 1. The van der Waals surface area contributed by atoms with Crippen LogP contribution in [-0.4, -0.2) is 81.0 Å². The van der Waals surface area contributed by atoms with Crippen molar-refractivity contribution in [2.75, 3.05) is 24.7 Å². The molecule has 8 N–H and O–H groups in total. The van der Waals surface area contributed by atoms with Crippen LogP contribution in [0.3, 0.4) is 0 Å². The van der Waals surface area contributed by atoms with Crippen LogP contribution >= 0.6 is 34.9 Å². The zero-order valence-electron chi connectivity index (χ0n) is 18.8. The SMILES string of the molecule is CCO/N=C(\C(=O)NC1C(=O)N2C(C(=O)O)=C(S/C=C\[C@@H](N)COC(N)=O)CS[C@H]12)c1csc(N)n1. The van der Waals surface area contributed by atoms with Gasteiger partial charge >= 0.3 is 12.1 Å². The number of thioether (sulfide) groups is 2. The summed E-state index contributed by atoms with van der Waals surface area (Å²) < 4.78 is 4.60. The molecule has 14 nitrogen and oxygen atoms in total. The Hall–Kier alpha value is -3.28. The van der Waals surface area contributed by atoms with Crippen LogP contribution in [0.15, 0.2) is 32.6 Å². The monoisotopic (exact) mass is 557 g/mol. The predicted molar refractivity (Wildman–Crippen MR) is 135 cm³/mol. The lowest BCUT2D eigenvalue weighted by molar-refractivity contribution is -0.150. The molecule has 36 heavy (non-hydrogen) atoms. The van der Waals surface area contributed by atoms with Gasteiger partial charge in [-0.2, -0.15) is 0 Å². The van der Waals surface area contributed by atoms with Crippen LogP contribution in [0.1, 0.15) is 12.6 Å². The molecule has 0 spiro atoms. The van der Waals surface area contributed by atoms with Crippen molar-refractivity contribution in [1.82, 2.24) is 15.2 Å². The molecule has 2 aliphatic heterocycles. The van der Waals surface area contributed by atoms with E-state index < -0.39 is 41.3 Å². The molecule has 1 aromatic rings. The first-order chi connectivity index (χ1) is 17.1. The molecule has 3 amide bonds. The Bertz CT molecular complexity index is 1140. The number of hydrogen-bond donors (Lipinski definition) is 5. The molecule has 194 valence electrons. The van der Waals surface area contributed by atoms with E-state index in [2.05, 4.69) is 20.2 Å². The molecule has 2 aliphatic rings. The van der Waals surface area contributed by atoms with Crippen LogP contribution in [0.25, 0.3) is 0 Å². The number of primary amides is 1. The number of aliphatic carboxylic acids is 1. The molecule has 1 unspecified atom stereocenters. The lowest BCUT2D eigenvalue weighted by atomic mass is 10.0. The Morgan fingerprint density at radius 3 is 2.83 bits per heavy atom. The van der Waals surface area contributed by atoms with E-state index in [1.807, 2.05) is 0 Å². The minimum Gasteiger partial charge on any atom is -0.477 e. The number of hydrogen-bond acceptors (Lipinski definition) is 13. The lowest BCUT2D eigenvalue weighted by Crippen LogP contribution is -2.71. The zero-order chi connectivity index (χ0) is 26.4. The number of nitrogens with two attached hydrogens (primary N) is 3. The number of nitrogens with one attached hydrogen (secondary N) is 1. The summed E-state index contributed by atoms with van der Waals surface area (Å²) in [7, 11) is 0. The van der Waals surface area contributed by atoms with Crippen LogP contribution < -0.4 is 22.5 Å². The van der Waals surface area contributed by atoms with E-state index in [0.717, 1.165) is 28.0 Å². The quantitative estimate of drug-likeness (QED) is 0.136. The first-order valence-electron chi connectivity index (χ1n) is 10.3. The second-order valence-corrected chi connectivity index (χ2v) is 10.1. The van der Waals surface area contributed by atoms with E-state index in [4.69, 9.17) is 22.0 Å². The molecule has 17 heteroatoms. The highest BCUT2D eigenvalue weighted by atomic mass is 32.2. The first kappa shape index (κ1) is 27.3. The lowest BCUT2D eigenvalue weighted by Gasteiger charge is -2.49. The highest BCUT2D eigenvalue weighted by Gasteiger charge is 2.54. The number of thiazole rings is 1. The van der Waals surface area contributed by atoms with Gasteiger partial charge in [-0.25, -0.2) is 14.6 Å². The third kappa shape index (κ3) is 6.28. The second kappa shape index (κ2) is 12.1. The van der Waals surface area contributed by atoms with Crippen LogP contribution in [0.5, 0.6) is 0 Å². The summed E-state index contributed by atoms with van der Waals surface area (Å²) in [5.74, 6) is -2.30. The third-order valence-corrected chi connectivity index (χ3v) is 7.69. The molecule has 0 radical (unpaired) electrons. The second-order valence-electron chi connectivity index (χ2n) is 7.11. The van der Waals surface area contributed by atoms with Crippen LogP contribution in [0.2, 0.25) is 0 Å². The van der Waals surface area contributed by atoms with Crippen LogP contribution in [-0.2, 0) is 24.0 Å². The number of amides is 3. The molecular formula is C19H23N7O7S3. The molecule has 0 aliphatic carbocycles. The Morgan fingerprint density at radius 1 is 1.47 bits per heavy atom. The van der Waals surface area contributed by atoms with Crippen molar-refractivity contribution in [3.05, 3.63) is 33.2 Å². The summed E-state index contributed by atoms with van der Waals surface area (Å²) in [5, 5.41) is 18.8. The molecule has 3 heterocycles. The van der Waals surface area contributed by atoms with Crippen LogP contribution in [0, 0.1) is 0 Å². The number of carboxylic acids is 1. The maximum atomic E-state index is 12.9. The number of nitrogen functional groups attached to an aromatic ring is 1. The highest BCUT2D eigenvalue weighted by Crippen LogP contribution is 2.43. The number of oxime groups is 1. The van der Waals surface area contributed by atoms with E-state index >= 15 is 0 Å². The number of carbonyl (C=O) groups is 4. The third-order valence-electron chi connectivity index (χ3n) is 4.64. The number of fused-ring (bicyclic) bond motifs is 1. The zero-order valence-corrected chi connectivity index (χ0v) is 21.2. The van der Waals surface area contributed by atoms with Gasteiger partial charge in [0.25, 0.3) is 11.8 Å². The minimum atomic E-state index is -1.28. The van der Waals surface area contributed by atoms with Gasteiger partial charge in [-0.15, -0.1) is 23.1 Å². The van der Waals surface area contributed by atoms with E-state index in [0.29, 0.717) is 4.91 Å². The van der Waals surface area contributed by atoms with E-state index in [1.165, 1.54) is 23.2 Å². The number of carboxylic acid groups (broad SMARTS) is 1. The molecule has 1 saturated heterocycles. The van der Waals surface area contributed by atoms with Gasteiger partial charge in [-0.3, -0.25) is 14.5 Å². The smallest absolute Gasteiger partial charge is 0.404 e. The Morgan fingerprint density at radius 2 is 2.22 bits per heavy atom. The van der Waals surface area contributed by atoms with Crippen molar-refractivity contribution in [1.29, 1.82) is 0 Å². The number of β-lactam (4-membered cyclic amide) rings is 1. The summed E-state index contributed by atoms with van der Waals surface area (Å²) in [6.45, 7) is 1.76. The highest BCUT2D eigenvalue weighted by molar-refractivity contribution is 8.08. The van der Waals surface area contributed by atoms with Crippen molar-refractivity contribution in [2.45, 2.75) is 24.4 Å². The van der Waals surface area contributed by atoms with Crippen molar-refractivity contribution in [3.8, 4) is 0 Å². The Kier molecular flexibility index (Phi) is 9.19. The van der Waals surface area contributed by atoms with Gasteiger partial charge in [-0.1, -0.05) is 23.0 Å². The molecule has 1 fully saturated rings. The Balaban J connectivity index is 1.71. The molecule has 0 bridgehead atoms. The topological polar surface area (TPSA) is 226 Å². The maximum Gasteiger partial charge on any atom is 0.404 e. The molecule has 0 saturated carbocycles. The molecule has 0 aromatic carbocycles. The molecule has 1 aromatic heterocycles. The maximum absolute atomic E-state index is 12.9. The summed E-state index contributed by atoms with van der Waals surface area (Å²) >= 11 is 3.48. The fraction of sp³-hybridized carbons (Fsp3) is 0.368. The Labute approximate surface area is 217 Å². The normalized spacial score (nSPS) is 20.6.